The van der Waals surface area contributed by atoms with Crippen molar-refractivity contribution in [2.24, 2.45) is 13.0 Å². The average molecular weight is 392 g/mol. The third kappa shape index (κ3) is 2.53. The first kappa shape index (κ1) is 17.8. The Kier molecular flexibility index (Phi) is 3.97. The number of hydrogen-bond donors (Lipinski definition) is 1. The van der Waals surface area contributed by atoms with Crippen molar-refractivity contribution in [3.8, 4) is 28.5 Å². The highest BCUT2D eigenvalue weighted by atomic mass is 16.2. The molecule has 1 aliphatic carbocycles. The molecule has 0 saturated heterocycles. The van der Waals surface area contributed by atoms with Crippen molar-refractivity contribution >= 4 is 28.2 Å². The summed E-state index contributed by atoms with van der Waals surface area (Å²) in [6, 6.07) is 22.5. The number of para-hydroxylation sites is 1. The molecule has 0 spiro atoms. The standard InChI is InChI=1S/C24H16N4O2/c1-28-22-17-12-6-8-14-7-5-11-16(19(14)17)20(22)21(27-28)23(29)18(13-25)24(30)26-15-9-3-2-4-10-15/h2-12,18H,1H3,(H,26,30). The molecule has 5 rings (SSSR count). The summed E-state index contributed by atoms with van der Waals surface area (Å²) in [7, 11) is 1.77. The van der Waals surface area contributed by atoms with Crippen LogP contribution < -0.4 is 5.32 Å². The van der Waals surface area contributed by atoms with Crippen LogP contribution in [0.2, 0.25) is 0 Å². The molecule has 0 aliphatic heterocycles. The van der Waals surface area contributed by atoms with Gasteiger partial charge in [-0.05, 0) is 28.5 Å². The van der Waals surface area contributed by atoms with Crippen molar-refractivity contribution in [2.45, 2.75) is 0 Å². The molecule has 0 bridgehead atoms. The van der Waals surface area contributed by atoms with E-state index in [1.54, 1.807) is 36.0 Å². The van der Waals surface area contributed by atoms with Gasteiger partial charge in [-0.3, -0.25) is 14.3 Å². The van der Waals surface area contributed by atoms with E-state index in [1.807, 2.05) is 48.5 Å². The van der Waals surface area contributed by atoms with E-state index in [0.717, 1.165) is 27.6 Å². The predicted molar refractivity (Wildman–Crippen MR) is 114 cm³/mol. The number of amides is 1. The van der Waals surface area contributed by atoms with Crippen molar-refractivity contribution in [1.29, 1.82) is 5.26 Å². The average Bonchev–Trinajstić information content (AvgIpc) is 3.27. The van der Waals surface area contributed by atoms with E-state index >= 15 is 0 Å². The van der Waals surface area contributed by atoms with Crippen molar-refractivity contribution in [3.63, 3.8) is 0 Å². The molecule has 0 fully saturated rings. The van der Waals surface area contributed by atoms with E-state index in [4.69, 9.17) is 0 Å². The molecule has 1 N–H and O–H groups in total. The first-order valence-corrected chi connectivity index (χ1v) is 9.49. The molecule has 1 amide bonds. The molecule has 0 saturated carbocycles. The van der Waals surface area contributed by atoms with Gasteiger partial charge >= 0.3 is 0 Å². The number of ketones is 1. The first-order valence-electron chi connectivity index (χ1n) is 9.49. The number of carbonyl (C=O) groups is 2. The first-order chi connectivity index (χ1) is 14.6. The maximum Gasteiger partial charge on any atom is 0.249 e. The van der Waals surface area contributed by atoms with Crippen molar-refractivity contribution in [1.82, 2.24) is 9.78 Å². The van der Waals surface area contributed by atoms with Crippen LogP contribution in [0.5, 0.6) is 0 Å². The third-order valence-corrected chi connectivity index (χ3v) is 5.40. The molecule has 1 aliphatic rings. The van der Waals surface area contributed by atoms with Crippen LogP contribution in [0.15, 0.2) is 66.7 Å². The van der Waals surface area contributed by atoms with E-state index in [1.165, 1.54) is 0 Å². The zero-order valence-corrected chi connectivity index (χ0v) is 16.1. The number of anilines is 1. The van der Waals surface area contributed by atoms with Gasteiger partial charge in [0.25, 0.3) is 0 Å². The van der Waals surface area contributed by atoms with E-state index < -0.39 is 17.6 Å². The summed E-state index contributed by atoms with van der Waals surface area (Å²) in [5, 5.41) is 18.8. The van der Waals surface area contributed by atoms with Gasteiger partial charge in [-0.15, -0.1) is 0 Å². The van der Waals surface area contributed by atoms with Crippen LogP contribution in [0.4, 0.5) is 5.69 Å². The number of fused-ring (bicyclic) bond motifs is 3. The molecular weight excluding hydrogens is 376 g/mol. The number of carbonyl (C=O) groups excluding carboxylic acids is 2. The largest absolute Gasteiger partial charge is 0.325 e. The van der Waals surface area contributed by atoms with Crippen LogP contribution >= 0.6 is 0 Å². The molecule has 30 heavy (non-hydrogen) atoms. The number of rotatable bonds is 4. The number of nitrogens with one attached hydrogen (secondary N) is 1. The number of aromatic nitrogens is 2. The zero-order valence-electron chi connectivity index (χ0n) is 16.1. The lowest BCUT2D eigenvalue weighted by Crippen LogP contribution is -2.29. The summed E-state index contributed by atoms with van der Waals surface area (Å²) in [6.45, 7) is 0. The van der Waals surface area contributed by atoms with Crippen molar-refractivity contribution < 1.29 is 9.59 Å². The smallest absolute Gasteiger partial charge is 0.249 e. The van der Waals surface area contributed by atoms with Crippen LogP contribution in [0.25, 0.3) is 33.2 Å². The molecule has 6 nitrogen and oxygen atoms in total. The lowest BCUT2D eigenvalue weighted by Gasteiger charge is -2.09. The highest BCUT2D eigenvalue weighted by Gasteiger charge is 2.36. The highest BCUT2D eigenvalue weighted by molar-refractivity contribution is 6.22. The topological polar surface area (TPSA) is 87.8 Å². The predicted octanol–water partition coefficient (Wildman–Crippen LogP) is 4.18. The zero-order chi connectivity index (χ0) is 20.8. The van der Waals surface area contributed by atoms with Gasteiger partial charge in [0.15, 0.2) is 5.92 Å². The molecule has 144 valence electrons. The molecule has 1 heterocycles. The summed E-state index contributed by atoms with van der Waals surface area (Å²) in [4.78, 5) is 26.0. The summed E-state index contributed by atoms with van der Waals surface area (Å²) < 4.78 is 1.65. The number of Topliss-reactive ketones (excluding diaryl/α,β-unsaturated/α-hetero) is 1. The maximum absolute atomic E-state index is 13.3. The van der Waals surface area contributed by atoms with Gasteiger partial charge in [-0.1, -0.05) is 54.6 Å². The Balaban J connectivity index is 1.58. The molecular formula is C24H16N4O2. The SMILES string of the molecule is Cn1nc(C(=O)C(C#N)C(=O)Nc2ccccc2)c2c1-c1cccc3cccc-2c13. The van der Waals surface area contributed by atoms with E-state index in [9.17, 15) is 14.9 Å². The van der Waals surface area contributed by atoms with Crippen LogP contribution in [0.3, 0.4) is 0 Å². The van der Waals surface area contributed by atoms with Crippen LogP contribution in [-0.2, 0) is 11.8 Å². The molecule has 6 heteroatoms. The maximum atomic E-state index is 13.3. The fourth-order valence-electron chi connectivity index (χ4n) is 4.12. The Labute approximate surface area is 172 Å². The Bertz CT molecular complexity index is 1370. The van der Waals surface area contributed by atoms with Crippen molar-refractivity contribution in [3.05, 3.63) is 72.4 Å². The number of hydrogen-bond acceptors (Lipinski definition) is 4. The van der Waals surface area contributed by atoms with Crippen molar-refractivity contribution in [2.75, 3.05) is 5.32 Å². The minimum atomic E-state index is -1.49. The summed E-state index contributed by atoms with van der Waals surface area (Å²) in [5.41, 5.74) is 4.07. The molecule has 1 atom stereocenters. The van der Waals surface area contributed by atoms with E-state index in [-0.39, 0.29) is 5.69 Å². The summed E-state index contributed by atoms with van der Waals surface area (Å²) in [5.74, 6) is -2.76. The van der Waals surface area contributed by atoms with E-state index in [0.29, 0.717) is 11.3 Å². The molecule has 1 unspecified atom stereocenters. The summed E-state index contributed by atoms with van der Waals surface area (Å²) >= 11 is 0. The fourth-order valence-corrected chi connectivity index (χ4v) is 4.12. The monoisotopic (exact) mass is 392 g/mol. The van der Waals surface area contributed by atoms with E-state index in [2.05, 4.69) is 10.4 Å². The number of nitrogens with zero attached hydrogens (tertiary/aromatic N) is 3. The van der Waals surface area contributed by atoms with Gasteiger partial charge < -0.3 is 5.32 Å². The molecule has 0 radical (unpaired) electrons. The van der Waals surface area contributed by atoms with Gasteiger partial charge in [0.05, 0.1) is 11.8 Å². The van der Waals surface area contributed by atoms with Gasteiger partial charge in [-0.25, -0.2) is 0 Å². The van der Waals surface area contributed by atoms with Crippen LogP contribution in [-0.4, -0.2) is 21.5 Å². The third-order valence-electron chi connectivity index (χ3n) is 5.40. The lowest BCUT2D eigenvalue weighted by atomic mass is 9.96. The number of benzene rings is 3. The molecule has 1 aromatic heterocycles. The summed E-state index contributed by atoms with van der Waals surface area (Å²) in [6.07, 6.45) is 0. The number of aryl methyl sites for hydroxylation is 1. The fraction of sp³-hybridized carbons (Fsp3) is 0.0833. The lowest BCUT2D eigenvalue weighted by molar-refractivity contribution is -0.117. The highest BCUT2D eigenvalue weighted by Crippen LogP contribution is 2.48. The second-order valence-electron chi connectivity index (χ2n) is 7.19. The Morgan fingerprint density at radius 2 is 1.70 bits per heavy atom. The van der Waals surface area contributed by atoms with Gasteiger partial charge in [0, 0.05) is 23.9 Å². The normalized spacial score (nSPS) is 12.3. The minimum absolute atomic E-state index is 0.144. The second kappa shape index (κ2) is 6.68. The Morgan fingerprint density at radius 3 is 2.40 bits per heavy atom. The van der Waals surface area contributed by atoms with Crippen LogP contribution in [0.1, 0.15) is 10.5 Å². The van der Waals surface area contributed by atoms with Gasteiger partial charge in [-0.2, -0.15) is 10.4 Å². The quantitative estimate of drug-likeness (QED) is 0.367. The number of nitriles is 1. The Morgan fingerprint density at radius 1 is 1.00 bits per heavy atom. The molecule has 4 aromatic rings. The minimum Gasteiger partial charge on any atom is -0.325 e. The molecule has 3 aromatic carbocycles. The Hall–Kier alpha value is -4.24. The van der Waals surface area contributed by atoms with Crippen LogP contribution in [0, 0.1) is 17.2 Å². The van der Waals surface area contributed by atoms with Gasteiger partial charge in [0.1, 0.15) is 5.69 Å². The van der Waals surface area contributed by atoms with Gasteiger partial charge in [0.2, 0.25) is 11.7 Å². The second-order valence-corrected chi connectivity index (χ2v) is 7.19.